The lowest BCUT2D eigenvalue weighted by molar-refractivity contribution is 0.101. The molecule has 1 N–H and O–H groups in total. The van der Waals surface area contributed by atoms with Crippen molar-refractivity contribution in [2.75, 3.05) is 24.3 Å². The Bertz CT molecular complexity index is 883. The van der Waals surface area contributed by atoms with Gasteiger partial charge in [0.05, 0.1) is 11.4 Å². The summed E-state index contributed by atoms with van der Waals surface area (Å²) in [4.78, 5) is 22.9. The van der Waals surface area contributed by atoms with E-state index in [0.717, 1.165) is 17.1 Å². The second kappa shape index (κ2) is 5.68. The van der Waals surface area contributed by atoms with E-state index >= 15 is 0 Å². The first-order valence-corrected chi connectivity index (χ1v) is 7.24. The molecule has 0 spiro atoms. The predicted octanol–water partition coefficient (Wildman–Crippen LogP) is 2.06. The number of carbonyl (C=O) groups excluding carboxylic acids is 1. The molecule has 0 aliphatic heterocycles. The van der Waals surface area contributed by atoms with Crippen molar-refractivity contribution >= 4 is 23.1 Å². The monoisotopic (exact) mass is 310 g/mol. The number of nitrogens with one attached hydrogen (secondary N) is 1. The van der Waals surface area contributed by atoms with E-state index in [0.29, 0.717) is 11.5 Å². The number of amides is 1. The Kier molecular flexibility index (Phi) is 3.69. The Balaban J connectivity index is 1.94. The van der Waals surface area contributed by atoms with Gasteiger partial charge in [0, 0.05) is 25.5 Å². The molecule has 0 aliphatic rings. The highest BCUT2D eigenvalue weighted by molar-refractivity contribution is 6.03. The third-order valence-corrected chi connectivity index (χ3v) is 3.46. The largest absolute Gasteiger partial charge is 0.376 e. The first kappa shape index (κ1) is 15.0. The number of anilines is 2. The van der Waals surface area contributed by atoms with Gasteiger partial charge in [-0.3, -0.25) is 4.79 Å². The van der Waals surface area contributed by atoms with Crippen molar-refractivity contribution in [3.05, 3.63) is 47.5 Å². The summed E-state index contributed by atoms with van der Waals surface area (Å²) in [5.74, 6) is 0.162. The molecule has 3 rings (SSSR count). The molecule has 2 heterocycles. The van der Waals surface area contributed by atoms with Crippen molar-refractivity contribution in [3.63, 3.8) is 0 Å². The maximum Gasteiger partial charge on any atom is 0.295 e. The first-order chi connectivity index (χ1) is 11.0. The quantitative estimate of drug-likeness (QED) is 0.801. The molecule has 0 atom stereocenters. The number of benzene rings is 1. The topological polar surface area (TPSA) is 75.4 Å². The molecule has 1 amide bonds. The molecular weight excluding hydrogens is 292 g/mol. The molecule has 7 nitrogen and oxygen atoms in total. The number of aryl methyl sites for hydroxylation is 2. The van der Waals surface area contributed by atoms with Crippen molar-refractivity contribution in [2.24, 2.45) is 0 Å². The highest BCUT2D eigenvalue weighted by Crippen LogP contribution is 2.23. The summed E-state index contributed by atoms with van der Waals surface area (Å²) in [7, 11) is 3.84. The van der Waals surface area contributed by atoms with Crippen LogP contribution < -0.4 is 10.2 Å². The zero-order valence-electron chi connectivity index (χ0n) is 13.5. The second-order valence-corrected chi connectivity index (χ2v) is 5.55. The van der Waals surface area contributed by atoms with Gasteiger partial charge >= 0.3 is 0 Å². The lowest BCUT2D eigenvalue weighted by atomic mass is 10.2. The van der Waals surface area contributed by atoms with Crippen LogP contribution in [0.1, 0.15) is 22.0 Å². The van der Waals surface area contributed by atoms with Gasteiger partial charge in [0.15, 0.2) is 0 Å². The highest BCUT2D eigenvalue weighted by Gasteiger charge is 2.16. The van der Waals surface area contributed by atoms with E-state index < -0.39 is 0 Å². The van der Waals surface area contributed by atoms with Gasteiger partial charge in [0.25, 0.3) is 11.7 Å². The summed E-state index contributed by atoms with van der Waals surface area (Å²) < 4.78 is 1.57. The molecule has 1 aromatic carbocycles. The lowest BCUT2D eigenvalue weighted by Gasteiger charge is -2.17. The van der Waals surface area contributed by atoms with Crippen LogP contribution in [0.5, 0.6) is 0 Å². The molecule has 23 heavy (non-hydrogen) atoms. The van der Waals surface area contributed by atoms with Crippen molar-refractivity contribution < 1.29 is 4.79 Å². The molecule has 0 unspecified atom stereocenters. The fourth-order valence-electron chi connectivity index (χ4n) is 2.41. The Morgan fingerprint density at radius 2 is 1.91 bits per heavy atom. The van der Waals surface area contributed by atoms with Crippen molar-refractivity contribution in [1.29, 1.82) is 0 Å². The Morgan fingerprint density at radius 1 is 1.17 bits per heavy atom. The summed E-state index contributed by atoms with van der Waals surface area (Å²) in [5.41, 5.74) is 3.34. The van der Waals surface area contributed by atoms with Gasteiger partial charge in [-0.2, -0.15) is 4.98 Å². The Hall–Kier alpha value is -2.96. The molecule has 0 saturated heterocycles. The smallest absolute Gasteiger partial charge is 0.295 e. The first-order valence-electron chi connectivity index (χ1n) is 7.24. The summed E-state index contributed by atoms with van der Waals surface area (Å²) in [6.07, 6.45) is 0. The van der Waals surface area contributed by atoms with Crippen LogP contribution in [0, 0.1) is 13.8 Å². The molecule has 3 aromatic rings. The Labute approximate surface area is 134 Å². The number of aromatic nitrogens is 4. The van der Waals surface area contributed by atoms with E-state index in [2.05, 4.69) is 20.4 Å². The normalized spacial score (nSPS) is 10.8. The third kappa shape index (κ3) is 2.85. The van der Waals surface area contributed by atoms with Crippen LogP contribution in [0.4, 0.5) is 11.4 Å². The zero-order valence-corrected chi connectivity index (χ0v) is 13.5. The van der Waals surface area contributed by atoms with E-state index in [9.17, 15) is 4.79 Å². The number of nitrogens with zero attached hydrogens (tertiary/aromatic N) is 5. The van der Waals surface area contributed by atoms with Crippen LogP contribution in [0.15, 0.2) is 30.3 Å². The summed E-state index contributed by atoms with van der Waals surface area (Å²) in [6.45, 7) is 3.79. The van der Waals surface area contributed by atoms with Gasteiger partial charge in [-0.05, 0) is 32.0 Å². The van der Waals surface area contributed by atoms with E-state index in [1.165, 1.54) is 0 Å². The van der Waals surface area contributed by atoms with Crippen LogP contribution in [0.25, 0.3) is 5.78 Å². The van der Waals surface area contributed by atoms with E-state index in [-0.39, 0.29) is 11.7 Å². The minimum Gasteiger partial charge on any atom is -0.376 e. The molecule has 118 valence electrons. The molecule has 7 heteroatoms. The standard InChI is InChI=1S/C16H18N6O/c1-10-9-11(2)22-16(17-10)19-14(20-22)15(23)18-12-7-5-6-8-13(12)21(3)4/h5-9H,1-4H3,(H,18,23). The maximum absolute atomic E-state index is 12.5. The van der Waals surface area contributed by atoms with Gasteiger partial charge in [0.2, 0.25) is 5.82 Å². The Morgan fingerprint density at radius 3 is 2.65 bits per heavy atom. The van der Waals surface area contributed by atoms with Gasteiger partial charge in [-0.1, -0.05) is 12.1 Å². The molecule has 0 bridgehead atoms. The fraction of sp³-hybridized carbons (Fsp3) is 0.250. The lowest BCUT2D eigenvalue weighted by Crippen LogP contribution is -2.17. The van der Waals surface area contributed by atoms with Crippen LogP contribution >= 0.6 is 0 Å². The molecule has 0 saturated carbocycles. The number of rotatable bonds is 3. The molecule has 2 aromatic heterocycles. The van der Waals surface area contributed by atoms with Crippen molar-refractivity contribution in [1.82, 2.24) is 19.6 Å². The second-order valence-electron chi connectivity index (χ2n) is 5.55. The summed E-state index contributed by atoms with van der Waals surface area (Å²) in [5, 5.41) is 7.10. The van der Waals surface area contributed by atoms with Crippen LogP contribution in [-0.4, -0.2) is 39.6 Å². The van der Waals surface area contributed by atoms with E-state index in [1.807, 2.05) is 63.2 Å². The van der Waals surface area contributed by atoms with E-state index in [4.69, 9.17) is 0 Å². The number of hydrogen-bond donors (Lipinski definition) is 1. The number of fused-ring (bicyclic) bond motifs is 1. The number of para-hydroxylation sites is 2. The maximum atomic E-state index is 12.5. The third-order valence-electron chi connectivity index (χ3n) is 3.46. The average Bonchev–Trinajstić information content (AvgIpc) is 2.92. The molecule has 0 aliphatic carbocycles. The number of carbonyl (C=O) groups is 1. The minimum atomic E-state index is -0.359. The fourth-order valence-corrected chi connectivity index (χ4v) is 2.41. The van der Waals surface area contributed by atoms with Crippen LogP contribution in [0.2, 0.25) is 0 Å². The van der Waals surface area contributed by atoms with Gasteiger partial charge in [-0.25, -0.2) is 9.50 Å². The van der Waals surface area contributed by atoms with Gasteiger partial charge < -0.3 is 10.2 Å². The van der Waals surface area contributed by atoms with Gasteiger partial charge in [-0.15, -0.1) is 5.10 Å². The summed E-state index contributed by atoms with van der Waals surface area (Å²) in [6, 6.07) is 9.46. The van der Waals surface area contributed by atoms with Gasteiger partial charge in [0.1, 0.15) is 0 Å². The van der Waals surface area contributed by atoms with Crippen molar-refractivity contribution in [2.45, 2.75) is 13.8 Å². The van der Waals surface area contributed by atoms with Crippen LogP contribution in [0.3, 0.4) is 0 Å². The average molecular weight is 310 g/mol. The van der Waals surface area contributed by atoms with E-state index in [1.54, 1.807) is 4.52 Å². The highest BCUT2D eigenvalue weighted by atomic mass is 16.2. The molecular formula is C16H18N6O. The predicted molar refractivity (Wildman–Crippen MR) is 89.0 cm³/mol. The minimum absolute atomic E-state index is 0.0970. The number of hydrogen-bond acceptors (Lipinski definition) is 5. The SMILES string of the molecule is Cc1cc(C)n2nc(C(=O)Nc3ccccc3N(C)C)nc2n1. The molecule has 0 radical (unpaired) electrons. The summed E-state index contributed by atoms with van der Waals surface area (Å²) >= 11 is 0. The van der Waals surface area contributed by atoms with Crippen LogP contribution in [-0.2, 0) is 0 Å². The zero-order chi connectivity index (χ0) is 16.6. The molecule has 0 fully saturated rings. The van der Waals surface area contributed by atoms with Crippen molar-refractivity contribution in [3.8, 4) is 0 Å².